The van der Waals surface area contributed by atoms with Crippen LogP contribution in [0.3, 0.4) is 0 Å². The van der Waals surface area contributed by atoms with Gasteiger partial charge in [0.1, 0.15) is 0 Å². The van der Waals surface area contributed by atoms with Gasteiger partial charge < -0.3 is 19.9 Å². The highest BCUT2D eigenvalue weighted by atomic mass is 79.9. The van der Waals surface area contributed by atoms with E-state index in [1.807, 2.05) is 12.1 Å². The Morgan fingerprint density at radius 1 is 1.50 bits per heavy atom. The number of carboxylic acids is 1. The number of halogens is 1. The normalized spacial score (nSPS) is 13.8. The van der Waals surface area contributed by atoms with Gasteiger partial charge >= 0.3 is 5.97 Å². The summed E-state index contributed by atoms with van der Waals surface area (Å²) >= 11 is 3.40. The number of nitrogens with one attached hydrogen (secondary N) is 1. The molecule has 1 amide bonds. The largest absolute Gasteiger partial charge is 0.481 e. The van der Waals surface area contributed by atoms with Gasteiger partial charge in [-0.1, -0.05) is 0 Å². The summed E-state index contributed by atoms with van der Waals surface area (Å²) in [7, 11) is 0. The molecule has 1 unspecified atom stereocenters. The highest BCUT2D eigenvalue weighted by Gasteiger charge is 2.19. The molecule has 0 aliphatic carbocycles. The molecule has 1 aromatic carbocycles. The van der Waals surface area contributed by atoms with Gasteiger partial charge in [0.05, 0.1) is 4.47 Å². The fourth-order valence-corrected chi connectivity index (χ4v) is 2.67. The van der Waals surface area contributed by atoms with E-state index >= 15 is 0 Å². The first-order chi connectivity index (χ1) is 9.60. The van der Waals surface area contributed by atoms with Crippen LogP contribution >= 0.6 is 15.9 Å². The standard InChI is InChI=1S/C13H14BrNO5/c14-10-4-8(5-11-13(10)20-7-19-11)3-9(15-6-16)1-2-12(17)18/h4-6,9H,1-3,7H2,(H,15,16)(H,17,18). The van der Waals surface area contributed by atoms with Crippen molar-refractivity contribution in [2.75, 3.05) is 6.79 Å². The molecular formula is C13H14BrNO5. The van der Waals surface area contributed by atoms with E-state index in [9.17, 15) is 9.59 Å². The number of hydrogen-bond donors (Lipinski definition) is 2. The maximum absolute atomic E-state index is 10.6. The second-order valence-electron chi connectivity index (χ2n) is 4.43. The molecule has 1 aliphatic rings. The third kappa shape index (κ3) is 3.63. The van der Waals surface area contributed by atoms with Crippen molar-refractivity contribution in [3.8, 4) is 11.5 Å². The molecule has 1 atom stereocenters. The number of benzene rings is 1. The number of aliphatic carboxylic acids is 1. The SMILES string of the molecule is O=CNC(CCC(=O)O)Cc1cc(Br)c2c(c1)OCO2. The summed E-state index contributed by atoms with van der Waals surface area (Å²) in [5.74, 6) is 0.436. The van der Waals surface area contributed by atoms with Crippen LogP contribution in [-0.2, 0) is 16.0 Å². The number of fused-ring (bicyclic) bond motifs is 1. The Hall–Kier alpha value is -1.76. The Kier molecular flexibility index (Phi) is 4.84. The van der Waals surface area contributed by atoms with Crippen LogP contribution in [0.2, 0.25) is 0 Å². The lowest BCUT2D eigenvalue weighted by atomic mass is 10.0. The van der Waals surface area contributed by atoms with Gasteiger partial charge in [-0.3, -0.25) is 9.59 Å². The smallest absolute Gasteiger partial charge is 0.303 e. The van der Waals surface area contributed by atoms with Crippen molar-refractivity contribution in [1.29, 1.82) is 0 Å². The molecule has 20 heavy (non-hydrogen) atoms. The van der Waals surface area contributed by atoms with Gasteiger partial charge in [-0.2, -0.15) is 0 Å². The summed E-state index contributed by atoms with van der Waals surface area (Å²) in [4.78, 5) is 21.2. The molecule has 0 aromatic heterocycles. The molecule has 6 nitrogen and oxygen atoms in total. The number of carbonyl (C=O) groups is 2. The summed E-state index contributed by atoms with van der Waals surface area (Å²) < 4.78 is 11.4. The molecule has 2 rings (SSSR count). The number of ether oxygens (including phenoxy) is 2. The minimum absolute atomic E-state index is 0.0111. The zero-order valence-corrected chi connectivity index (χ0v) is 12.2. The second kappa shape index (κ2) is 6.60. The maximum atomic E-state index is 10.6. The maximum Gasteiger partial charge on any atom is 0.303 e. The van der Waals surface area contributed by atoms with Crippen molar-refractivity contribution < 1.29 is 24.2 Å². The average Bonchev–Trinajstić information content (AvgIpc) is 2.85. The molecule has 0 fully saturated rings. The van der Waals surface area contributed by atoms with Crippen molar-refractivity contribution in [2.45, 2.75) is 25.3 Å². The quantitative estimate of drug-likeness (QED) is 0.736. The molecule has 108 valence electrons. The molecule has 7 heteroatoms. The second-order valence-corrected chi connectivity index (χ2v) is 5.28. The number of amides is 1. The van der Waals surface area contributed by atoms with Crippen LogP contribution in [0.1, 0.15) is 18.4 Å². The zero-order chi connectivity index (χ0) is 14.5. The summed E-state index contributed by atoms with van der Waals surface area (Å²) in [6.45, 7) is 0.187. The van der Waals surface area contributed by atoms with Crippen LogP contribution in [-0.4, -0.2) is 30.3 Å². The Balaban J connectivity index is 2.08. The molecule has 2 N–H and O–H groups in total. The van der Waals surface area contributed by atoms with Crippen molar-refractivity contribution in [3.63, 3.8) is 0 Å². The van der Waals surface area contributed by atoms with Crippen molar-refractivity contribution in [3.05, 3.63) is 22.2 Å². The number of rotatable bonds is 7. The molecular weight excluding hydrogens is 330 g/mol. The van der Waals surface area contributed by atoms with E-state index < -0.39 is 5.97 Å². The Bertz CT molecular complexity index is 520. The van der Waals surface area contributed by atoms with E-state index in [0.717, 1.165) is 10.0 Å². The predicted molar refractivity (Wildman–Crippen MR) is 73.8 cm³/mol. The molecule has 0 spiro atoms. The monoisotopic (exact) mass is 343 g/mol. The Morgan fingerprint density at radius 2 is 2.30 bits per heavy atom. The van der Waals surface area contributed by atoms with Gasteiger partial charge in [-0.05, 0) is 46.5 Å². The third-order valence-electron chi connectivity index (χ3n) is 2.98. The number of carboxylic acid groups (broad SMARTS) is 1. The number of hydrogen-bond acceptors (Lipinski definition) is 4. The van der Waals surface area contributed by atoms with Crippen LogP contribution in [0.25, 0.3) is 0 Å². The molecule has 0 saturated carbocycles. The van der Waals surface area contributed by atoms with Gasteiger partial charge in [0, 0.05) is 12.5 Å². The van der Waals surface area contributed by atoms with Gasteiger partial charge in [-0.25, -0.2) is 0 Å². The molecule has 0 saturated heterocycles. The van der Waals surface area contributed by atoms with Crippen molar-refractivity contribution >= 4 is 28.3 Å². The first-order valence-corrected chi connectivity index (χ1v) is 6.89. The van der Waals surface area contributed by atoms with Crippen molar-refractivity contribution in [2.24, 2.45) is 0 Å². The lowest BCUT2D eigenvalue weighted by Gasteiger charge is -2.15. The van der Waals surface area contributed by atoms with E-state index in [1.165, 1.54) is 0 Å². The average molecular weight is 344 g/mol. The third-order valence-corrected chi connectivity index (χ3v) is 3.57. The highest BCUT2D eigenvalue weighted by molar-refractivity contribution is 9.10. The summed E-state index contributed by atoms with van der Waals surface area (Å²) in [5, 5.41) is 11.3. The minimum Gasteiger partial charge on any atom is -0.481 e. The van der Waals surface area contributed by atoms with Crippen LogP contribution in [0.5, 0.6) is 11.5 Å². The van der Waals surface area contributed by atoms with Crippen molar-refractivity contribution in [1.82, 2.24) is 5.32 Å². The molecule has 1 aromatic rings. The Morgan fingerprint density at radius 3 is 3.00 bits per heavy atom. The first kappa shape index (κ1) is 14.6. The summed E-state index contributed by atoms with van der Waals surface area (Å²) in [5.41, 5.74) is 0.936. The van der Waals surface area contributed by atoms with Gasteiger partial charge in [0.15, 0.2) is 11.5 Å². The van der Waals surface area contributed by atoms with E-state index in [-0.39, 0.29) is 19.3 Å². The van der Waals surface area contributed by atoms with Crippen LogP contribution < -0.4 is 14.8 Å². The van der Waals surface area contributed by atoms with E-state index in [1.54, 1.807) is 0 Å². The van der Waals surface area contributed by atoms with Crippen LogP contribution in [0.15, 0.2) is 16.6 Å². The predicted octanol–water partition coefficient (Wildman–Crippen LogP) is 1.70. The lowest BCUT2D eigenvalue weighted by molar-refractivity contribution is -0.137. The lowest BCUT2D eigenvalue weighted by Crippen LogP contribution is -2.30. The molecule has 1 heterocycles. The minimum atomic E-state index is -0.880. The zero-order valence-electron chi connectivity index (χ0n) is 10.6. The molecule has 0 radical (unpaired) electrons. The number of carbonyl (C=O) groups excluding carboxylic acids is 1. The highest BCUT2D eigenvalue weighted by Crippen LogP contribution is 2.40. The van der Waals surface area contributed by atoms with E-state index in [2.05, 4.69) is 21.2 Å². The Labute approximate surface area is 124 Å². The van der Waals surface area contributed by atoms with Gasteiger partial charge in [-0.15, -0.1) is 0 Å². The topological polar surface area (TPSA) is 84.9 Å². The molecule has 1 aliphatic heterocycles. The van der Waals surface area contributed by atoms with Crippen LogP contribution in [0.4, 0.5) is 0 Å². The van der Waals surface area contributed by atoms with E-state index in [0.29, 0.717) is 30.8 Å². The summed E-state index contributed by atoms with van der Waals surface area (Å²) in [6.07, 6.45) is 1.51. The molecule has 0 bridgehead atoms. The summed E-state index contributed by atoms with van der Waals surface area (Å²) in [6, 6.07) is 3.50. The van der Waals surface area contributed by atoms with Gasteiger partial charge in [0.25, 0.3) is 0 Å². The van der Waals surface area contributed by atoms with Gasteiger partial charge in [0.2, 0.25) is 13.2 Å². The first-order valence-electron chi connectivity index (χ1n) is 6.09. The van der Waals surface area contributed by atoms with E-state index in [4.69, 9.17) is 14.6 Å². The van der Waals surface area contributed by atoms with Crippen LogP contribution in [0, 0.1) is 0 Å². The fourth-order valence-electron chi connectivity index (χ4n) is 2.06. The fraction of sp³-hybridized carbons (Fsp3) is 0.385.